The molecule has 1 aliphatic heterocycles. The number of fused-ring (bicyclic) bond motifs is 1. The van der Waals surface area contributed by atoms with Gasteiger partial charge in [0.05, 0.1) is 10.1 Å². The van der Waals surface area contributed by atoms with Crippen LogP contribution in [0, 0.1) is 5.92 Å². The Balaban J connectivity index is 1.83. The van der Waals surface area contributed by atoms with Crippen molar-refractivity contribution in [1.82, 2.24) is 9.97 Å². The minimum atomic E-state index is -0.460. The lowest BCUT2D eigenvalue weighted by atomic mass is 9.71. The van der Waals surface area contributed by atoms with Crippen molar-refractivity contribution in [3.8, 4) is 0 Å². The van der Waals surface area contributed by atoms with E-state index in [0.29, 0.717) is 11.1 Å². The van der Waals surface area contributed by atoms with Crippen LogP contribution >= 0.6 is 27.5 Å². The molecule has 3 rings (SSSR count). The fourth-order valence-electron chi connectivity index (χ4n) is 3.32. The van der Waals surface area contributed by atoms with Crippen molar-refractivity contribution in [3.05, 3.63) is 16.0 Å². The van der Waals surface area contributed by atoms with Gasteiger partial charge in [-0.25, -0.2) is 9.97 Å². The van der Waals surface area contributed by atoms with Crippen molar-refractivity contribution in [2.45, 2.75) is 37.7 Å². The van der Waals surface area contributed by atoms with Crippen molar-refractivity contribution in [1.29, 1.82) is 0 Å². The molecule has 1 saturated carbocycles. The fourth-order valence-corrected chi connectivity index (χ4v) is 3.91. The van der Waals surface area contributed by atoms with E-state index in [4.69, 9.17) is 11.6 Å². The zero-order chi connectivity index (χ0) is 13.5. The number of rotatable bonds is 1. The van der Waals surface area contributed by atoms with Gasteiger partial charge in [-0.3, -0.25) is 0 Å². The number of hydrogen-bond donors (Lipinski definition) is 1. The van der Waals surface area contributed by atoms with E-state index in [-0.39, 0.29) is 0 Å². The highest BCUT2D eigenvalue weighted by Gasteiger charge is 2.43. The van der Waals surface area contributed by atoms with E-state index in [1.54, 1.807) is 0 Å². The first-order valence-corrected chi connectivity index (χ1v) is 7.90. The summed E-state index contributed by atoms with van der Waals surface area (Å²) in [6, 6.07) is 0. The average Bonchev–Trinajstić information content (AvgIpc) is 2.41. The number of aromatic nitrogens is 2. The minimum absolute atomic E-state index is 0.343. The molecular weight excluding hydrogens is 330 g/mol. The smallest absolute Gasteiger partial charge is 0.148 e. The monoisotopic (exact) mass is 345 g/mol. The van der Waals surface area contributed by atoms with Crippen LogP contribution in [0.1, 0.15) is 32.1 Å². The number of aliphatic hydroxyl groups is 1. The van der Waals surface area contributed by atoms with Gasteiger partial charge in [0.1, 0.15) is 17.3 Å². The normalized spacial score (nSPS) is 31.1. The molecule has 2 aliphatic rings. The highest BCUT2D eigenvalue weighted by atomic mass is 79.9. The summed E-state index contributed by atoms with van der Waals surface area (Å²) in [5.74, 6) is 1.18. The van der Waals surface area contributed by atoms with Crippen LogP contribution in [0.4, 0.5) is 5.82 Å². The summed E-state index contributed by atoms with van der Waals surface area (Å²) in [6.07, 6.45) is 6.71. The topological polar surface area (TPSA) is 49.2 Å². The summed E-state index contributed by atoms with van der Waals surface area (Å²) in [5.41, 5.74) is -0.460. The molecule has 19 heavy (non-hydrogen) atoms. The van der Waals surface area contributed by atoms with Crippen LogP contribution < -0.4 is 4.90 Å². The van der Waals surface area contributed by atoms with Crippen LogP contribution in [0.25, 0.3) is 0 Å². The van der Waals surface area contributed by atoms with E-state index in [1.165, 1.54) is 12.7 Å². The van der Waals surface area contributed by atoms with Crippen LogP contribution in [-0.2, 0) is 0 Å². The van der Waals surface area contributed by atoms with Crippen LogP contribution in [0.2, 0.25) is 5.15 Å². The maximum atomic E-state index is 10.7. The first-order chi connectivity index (χ1) is 9.10. The zero-order valence-corrected chi connectivity index (χ0v) is 13.0. The average molecular weight is 347 g/mol. The van der Waals surface area contributed by atoms with Gasteiger partial charge in [-0.1, -0.05) is 24.4 Å². The van der Waals surface area contributed by atoms with Gasteiger partial charge in [0.15, 0.2) is 0 Å². The van der Waals surface area contributed by atoms with E-state index < -0.39 is 5.60 Å². The third-order valence-electron chi connectivity index (χ3n) is 4.46. The Morgan fingerprint density at radius 1 is 1.37 bits per heavy atom. The Morgan fingerprint density at radius 3 is 3.05 bits per heavy atom. The third kappa shape index (κ3) is 2.48. The molecule has 4 nitrogen and oxygen atoms in total. The molecule has 2 heterocycles. The molecule has 0 radical (unpaired) electrons. The maximum absolute atomic E-state index is 10.7. The second-order valence-electron chi connectivity index (χ2n) is 5.54. The molecule has 0 amide bonds. The maximum Gasteiger partial charge on any atom is 0.148 e. The number of anilines is 1. The first kappa shape index (κ1) is 13.6. The molecule has 0 aromatic carbocycles. The predicted molar refractivity (Wildman–Crippen MR) is 78.5 cm³/mol. The van der Waals surface area contributed by atoms with Crippen molar-refractivity contribution in [2.75, 3.05) is 18.0 Å². The van der Waals surface area contributed by atoms with Gasteiger partial charge >= 0.3 is 0 Å². The van der Waals surface area contributed by atoms with Crippen LogP contribution in [-0.4, -0.2) is 33.8 Å². The van der Waals surface area contributed by atoms with Crippen LogP contribution in [0.5, 0.6) is 0 Å². The molecule has 0 spiro atoms. The van der Waals surface area contributed by atoms with Crippen LogP contribution in [0.3, 0.4) is 0 Å². The lowest BCUT2D eigenvalue weighted by Crippen LogP contribution is -2.53. The van der Waals surface area contributed by atoms with E-state index >= 15 is 0 Å². The summed E-state index contributed by atoms with van der Waals surface area (Å²) in [7, 11) is 0. The highest BCUT2D eigenvalue weighted by molar-refractivity contribution is 9.10. The van der Waals surface area contributed by atoms with E-state index in [0.717, 1.165) is 49.1 Å². The van der Waals surface area contributed by atoms with Crippen molar-refractivity contribution in [2.24, 2.45) is 5.92 Å². The summed E-state index contributed by atoms with van der Waals surface area (Å²) >= 11 is 9.48. The van der Waals surface area contributed by atoms with Gasteiger partial charge in [0.25, 0.3) is 0 Å². The standard InChI is InChI=1S/C13H17BrClN3O/c14-10-11(15)16-8-17-12(10)18-6-5-13(19)4-2-1-3-9(13)7-18/h8-9,19H,1-7H2. The number of hydrogen-bond acceptors (Lipinski definition) is 4. The Morgan fingerprint density at radius 2 is 2.21 bits per heavy atom. The van der Waals surface area contributed by atoms with Crippen molar-refractivity contribution >= 4 is 33.3 Å². The minimum Gasteiger partial charge on any atom is -0.389 e. The molecule has 1 N–H and O–H groups in total. The second-order valence-corrected chi connectivity index (χ2v) is 6.70. The SMILES string of the molecule is OC12CCCCC1CN(c1ncnc(Cl)c1Br)CC2. The summed E-state index contributed by atoms with van der Waals surface area (Å²) in [5, 5.41) is 11.1. The van der Waals surface area contributed by atoms with Gasteiger partial charge in [-0.15, -0.1) is 0 Å². The second kappa shape index (κ2) is 5.19. The molecule has 1 aromatic rings. The molecule has 2 unspecified atom stereocenters. The molecule has 2 atom stereocenters. The molecule has 2 fully saturated rings. The van der Waals surface area contributed by atoms with Gasteiger partial charge < -0.3 is 10.0 Å². The predicted octanol–water partition coefficient (Wildman–Crippen LogP) is 3.02. The lowest BCUT2D eigenvalue weighted by Gasteiger charge is -2.47. The third-order valence-corrected chi connectivity index (χ3v) is 5.70. The fraction of sp³-hybridized carbons (Fsp3) is 0.692. The number of piperidine rings is 1. The van der Waals surface area contributed by atoms with Gasteiger partial charge in [-0.05, 0) is 35.2 Å². The Kier molecular flexibility index (Phi) is 3.71. The number of nitrogens with zero attached hydrogens (tertiary/aromatic N) is 3. The molecule has 6 heteroatoms. The largest absolute Gasteiger partial charge is 0.389 e. The lowest BCUT2D eigenvalue weighted by molar-refractivity contribution is -0.0613. The molecular formula is C13H17BrClN3O. The molecule has 1 saturated heterocycles. The molecule has 1 aliphatic carbocycles. The van der Waals surface area contributed by atoms with Gasteiger partial charge in [0.2, 0.25) is 0 Å². The summed E-state index contributed by atoms with van der Waals surface area (Å²) < 4.78 is 0.748. The molecule has 1 aromatic heterocycles. The molecule has 104 valence electrons. The van der Waals surface area contributed by atoms with E-state index in [2.05, 4.69) is 30.8 Å². The Hall–Kier alpha value is -0.390. The Labute approximate surface area is 126 Å². The van der Waals surface area contributed by atoms with Crippen molar-refractivity contribution in [3.63, 3.8) is 0 Å². The first-order valence-electron chi connectivity index (χ1n) is 6.73. The van der Waals surface area contributed by atoms with E-state index in [1.807, 2.05) is 0 Å². The van der Waals surface area contributed by atoms with Gasteiger partial charge in [0, 0.05) is 19.0 Å². The summed E-state index contributed by atoms with van der Waals surface area (Å²) in [4.78, 5) is 10.5. The van der Waals surface area contributed by atoms with Crippen molar-refractivity contribution < 1.29 is 5.11 Å². The summed E-state index contributed by atoms with van der Waals surface area (Å²) in [6.45, 7) is 1.67. The van der Waals surface area contributed by atoms with Crippen LogP contribution in [0.15, 0.2) is 10.8 Å². The quantitative estimate of drug-likeness (QED) is 0.794. The van der Waals surface area contributed by atoms with Gasteiger partial charge in [-0.2, -0.15) is 0 Å². The zero-order valence-electron chi connectivity index (χ0n) is 10.6. The molecule has 0 bridgehead atoms. The Bertz CT molecular complexity index is 487. The van der Waals surface area contributed by atoms with E-state index in [9.17, 15) is 5.11 Å². The number of halogens is 2. The highest BCUT2D eigenvalue weighted by Crippen LogP contribution is 2.41.